The van der Waals surface area contributed by atoms with Crippen molar-refractivity contribution in [3.63, 3.8) is 0 Å². The van der Waals surface area contributed by atoms with Crippen molar-refractivity contribution in [1.29, 1.82) is 0 Å². The molecule has 0 spiro atoms. The zero-order valence-corrected chi connectivity index (χ0v) is 12.3. The summed E-state index contributed by atoms with van der Waals surface area (Å²) in [5.74, 6) is 0.706. The van der Waals surface area contributed by atoms with E-state index in [1.165, 1.54) is 6.40 Å². The first kappa shape index (κ1) is 13.1. The molecule has 1 aliphatic rings. The van der Waals surface area contributed by atoms with Crippen LogP contribution in [0.4, 0.5) is 0 Å². The summed E-state index contributed by atoms with van der Waals surface area (Å²) in [5, 5.41) is 0. The second kappa shape index (κ2) is 5.25. The van der Waals surface area contributed by atoms with Gasteiger partial charge in [0.2, 0.25) is 0 Å². The van der Waals surface area contributed by atoms with E-state index < -0.39 is 0 Å². The third-order valence-electron chi connectivity index (χ3n) is 3.22. The molecule has 3 rings (SSSR count). The molecule has 5 heteroatoms. The van der Waals surface area contributed by atoms with Gasteiger partial charge in [0.25, 0.3) is 0 Å². The topological polar surface area (TPSA) is 47.4 Å². The van der Waals surface area contributed by atoms with E-state index in [1.807, 2.05) is 38.1 Å². The van der Waals surface area contributed by atoms with Gasteiger partial charge in [-0.3, -0.25) is 0 Å². The number of hydrogen-bond donors (Lipinski definition) is 1. The number of aryl methyl sites for hydroxylation is 2. The third-order valence-corrected chi connectivity index (χ3v) is 3.72. The lowest BCUT2D eigenvalue weighted by Crippen LogP contribution is -2.01. The molecule has 20 heavy (non-hydrogen) atoms. The van der Waals surface area contributed by atoms with Gasteiger partial charge in [0.05, 0.1) is 0 Å². The summed E-state index contributed by atoms with van der Waals surface area (Å²) in [6.07, 6.45) is 1.50. The molecule has 1 aromatic carbocycles. The average molecular weight is 285 g/mol. The molecule has 1 atom stereocenters. The maximum atomic E-state index is 5.19. The van der Waals surface area contributed by atoms with Crippen molar-refractivity contribution in [2.45, 2.75) is 24.8 Å². The molecule has 0 radical (unpaired) electrons. The predicted molar refractivity (Wildman–Crippen MR) is 81.4 cm³/mol. The summed E-state index contributed by atoms with van der Waals surface area (Å²) in [7, 11) is 0. The standard InChI is InChI=1S/C15H15N3OS/c1-9-6-10(2)18-15(17-9)12-5-3-4-11(14(12)20)13-7-19-8-16-13/h3-6,8,13,20H,7H2,1-2H3. The van der Waals surface area contributed by atoms with Gasteiger partial charge in [0.1, 0.15) is 12.6 Å². The zero-order valence-electron chi connectivity index (χ0n) is 11.4. The second-order valence-corrected chi connectivity index (χ2v) is 5.27. The number of thiol groups is 1. The molecule has 4 nitrogen and oxygen atoms in total. The maximum absolute atomic E-state index is 5.19. The highest BCUT2D eigenvalue weighted by Crippen LogP contribution is 2.33. The minimum atomic E-state index is 0.00774. The molecule has 0 bridgehead atoms. The highest BCUT2D eigenvalue weighted by Gasteiger charge is 2.19. The molecular weight excluding hydrogens is 270 g/mol. The van der Waals surface area contributed by atoms with Crippen LogP contribution in [0.3, 0.4) is 0 Å². The Morgan fingerprint density at radius 3 is 2.60 bits per heavy atom. The lowest BCUT2D eigenvalue weighted by atomic mass is 10.0. The highest BCUT2D eigenvalue weighted by atomic mass is 32.1. The van der Waals surface area contributed by atoms with Crippen LogP contribution in [0.2, 0.25) is 0 Å². The normalized spacial score (nSPS) is 17.2. The molecule has 0 fully saturated rings. The van der Waals surface area contributed by atoms with E-state index in [-0.39, 0.29) is 6.04 Å². The van der Waals surface area contributed by atoms with Gasteiger partial charge in [0, 0.05) is 21.8 Å². The van der Waals surface area contributed by atoms with Crippen LogP contribution in [0, 0.1) is 13.8 Å². The number of benzene rings is 1. The summed E-state index contributed by atoms with van der Waals surface area (Å²) < 4.78 is 5.19. The van der Waals surface area contributed by atoms with Crippen LogP contribution in [0.15, 0.2) is 34.2 Å². The molecule has 0 aliphatic carbocycles. The SMILES string of the molecule is Cc1cc(C)nc(-c2cccc(C3COC=N3)c2S)n1. The molecule has 102 valence electrons. The van der Waals surface area contributed by atoms with Gasteiger partial charge in [0.15, 0.2) is 12.2 Å². The maximum Gasteiger partial charge on any atom is 0.170 e. The fraction of sp³-hybridized carbons (Fsp3) is 0.267. The average Bonchev–Trinajstić information content (AvgIpc) is 2.91. The lowest BCUT2D eigenvalue weighted by Gasteiger charge is -2.13. The molecular formula is C15H15N3OS. The minimum Gasteiger partial charge on any atom is -0.481 e. The van der Waals surface area contributed by atoms with Gasteiger partial charge < -0.3 is 4.74 Å². The summed E-state index contributed by atoms with van der Waals surface area (Å²) in [4.78, 5) is 14.2. The number of ether oxygens (including phenoxy) is 1. The van der Waals surface area contributed by atoms with Crippen molar-refractivity contribution in [1.82, 2.24) is 9.97 Å². The molecule has 2 aromatic rings. The van der Waals surface area contributed by atoms with Crippen molar-refractivity contribution in [3.05, 3.63) is 41.2 Å². The molecule has 1 aliphatic heterocycles. The van der Waals surface area contributed by atoms with Crippen LogP contribution in [-0.4, -0.2) is 23.0 Å². The van der Waals surface area contributed by atoms with Gasteiger partial charge in [-0.25, -0.2) is 15.0 Å². The zero-order chi connectivity index (χ0) is 14.1. The fourth-order valence-electron chi connectivity index (χ4n) is 2.32. The van der Waals surface area contributed by atoms with Gasteiger partial charge in [-0.2, -0.15) is 0 Å². The Kier molecular flexibility index (Phi) is 3.44. The van der Waals surface area contributed by atoms with Crippen molar-refractivity contribution in [3.8, 4) is 11.4 Å². The van der Waals surface area contributed by atoms with Crippen LogP contribution < -0.4 is 0 Å². The van der Waals surface area contributed by atoms with Crippen LogP contribution in [0.25, 0.3) is 11.4 Å². The Morgan fingerprint density at radius 1 is 1.20 bits per heavy atom. The van der Waals surface area contributed by atoms with Crippen LogP contribution >= 0.6 is 12.6 Å². The van der Waals surface area contributed by atoms with E-state index in [2.05, 4.69) is 27.6 Å². The van der Waals surface area contributed by atoms with Crippen molar-refractivity contribution in [2.24, 2.45) is 4.99 Å². The fourth-order valence-corrected chi connectivity index (χ4v) is 2.72. The first-order valence-corrected chi connectivity index (χ1v) is 6.87. The number of nitrogens with zero attached hydrogens (tertiary/aromatic N) is 3. The Hall–Kier alpha value is -1.88. The summed E-state index contributed by atoms with van der Waals surface area (Å²) in [5.41, 5.74) is 3.88. The number of aromatic nitrogens is 2. The van der Waals surface area contributed by atoms with Gasteiger partial charge in [-0.15, -0.1) is 12.6 Å². The summed E-state index contributed by atoms with van der Waals surface area (Å²) >= 11 is 4.66. The predicted octanol–water partition coefficient (Wildman–Crippen LogP) is 3.15. The molecule has 0 saturated heterocycles. The molecule has 1 aromatic heterocycles. The number of rotatable bonds is 2. The molecule has 0 saturated carbocycles. The monoisotopic (exact) mass is 285 g/mol. The Morgan fingerprint density at radius 2 is 1.95 bits per heavy atom. The lowest BCUT2D eigenvalue weighted by molar-refractivity contribution is 0.329. The van der Waals surface area contributed by atoms with Crippen LogP contribution in [0.5, 0.6) is 0 Å². The first-order chi connectivity index (χ1) is 9.65. The molecule has 2 heterocycles. The highest BCUT2D eigenvalue weighted by molar-refractivity contribution is 7.80. The van der Waals surface area contributed by atoms with Gasteiger partial charge in [-0.05, 0) is 25.5 Å². The van der Waals surface area contributed by atoms with Crippen LogP contribution in [-0.2, 0) is 4.74 Å². The van der Waals surface area contributed by atoms with E-state index >= 15 is 0 Å². The first-order valence-electron chi connectivity index (χ1n) is 6.43. The van der Waals surface area contributed by atoms with E-state index in [0.29, 0.717) is 12.4 Å². The van der Waals surface area contributed by atoms with Crippen molar-refractivity contribution < 1.29 is 4.74 Å². The quantitative estimate of drug-likeness (QED) is 0.862. The van der Waals surface area contributed by atoms with Crippen molar-refractivity contribution in [2.75, 3.05) is 6.61 Å². The van der Waals surface area contributed by atoms with E-state index in [0.717, 1.165) is 27.4 Å². The minimum absolute atomic E-state index is 0.00774. The molecule has 0 N–H and O–H groups in total. The smallest absolute Gasteiger partial charge is 0.170 e. The van der Waals surface area contributed by atoms with Gasteiger partial charge >= 0.3 is 0 Å². The number of aliphatic imine (C=N–C) groups is 1. The molecule has 1 unspecified atom stereocenters. The Labute approximate surface area is 123 Å². The van der Waals surface area contributed by atoms with Gasteiger partial charge in [-0.1, -0.05) is 18.2 Å². The Balaban J connectivity index is 2.10. The number of hydrogen-bond acceptors (Lipinski definition) is 5. The van der Waals surface area contributed by atoms with E-state index in [9.17, 15) is 0 Å². The third kappa shape index (κ3) is 2.41. The van der Waals surface area contributed by atoms with Crippen LogP contribution in [0.1, 0.15) is 23.0 Å². The Bertz CT molecular complexity index is 665. The largest absolute Gasteiger partial charge is 0.481 e. The molecule has 0 amide bonds. The summed E-state index contributed by atoms with van der Waals surface area (Å²) in [6, 6.07) is 7.96. The van der Waals surface area contributed by atoms with E-state index in [4.69, 9.17) is 4.74 Å². The van der Waals surface area contributed by atoms with Crippen molar-refractivity contribution >= 4 is 19.0 Å². The van der Waals surface area contributed by atoms with E-state index in [1.54, 1.807) is 0 Å². The summed E-state index contributed by atoms with van der Waals surface area (Å²) in [6.45, 7) is 4.50. The second-order valence-electron chi connectivity index (χ2n) is 4.82.